The molecule has 1 aromatic rings. The fourth-order valence-electron chi connectivity index (χ4n) is 2.59. The maximum absolute atomic E-state index is 4.67. The lowest BCUT2D eigenvalue weighted by atomic mass is 10.0. The van der Waals surface area contributed by atoms with Gasteiger partial charge >= 0.3 is 0 Å². The topological polar surface area (TPSA) is 28.2 Å². The number of pyridine rings is 1. The Labute approximate surface area is 104 Å². The molecule has 1 N–H and O–H groups in total. The summed E-state index contributed by atoms with van der Waals surface area (Å²) in [6.45, 7) is 7.63. The Morgan fingerprint density at radius 2 is 2.29 bits per heavy atom. The number of piperidine rings is 1. The molecule has 1 aliphatic rings. The van der Waals surface area contributed by atoms with Gasteiger partial charge in [-0.3, -0.25) is 0 Å². The number of hydrogen-bond acceptors (Lipinski definition) is 3. The summed E-state index contributed by atoms with van der Waals surface area (Å²) in [7, 11) is 1.98. The zero-order valence-electron chi connectivity index (χ0n) is 11.2. The van der Waals surface area contributed by atoms with E-state index in [2.05, 4.69) is 41.2 Å². The molecule has 1 unspecified atom stereocenters. The molecule has 1 atom stereocenters. The van der Waals surface area contributed by atoms with E-state index in [-0.39, 0.29) is 0 Å². The zero-order valence-corrected chi connectivity index (χ0v) is 11.2. The van der Waals surface area contributed by atoms with E-state index < -0.39 is 0 Å². The molecule has 1 saturated heterocycles. The molecule has 0 spiro atoms. The van der Waals surface area contributed by atoms with E-state index >= 15 is 0 Å². The van der Waals surface area contributed by atoms with Crippen molar-refractivity contribution in [1.82, 2.24) is 10.3 Å². The van der Waals surface area contributed by atoms with Crippen LogP contribution in [0.3, 0.4) is 0 Å². The van der Waals surface area contributed by atoms with Crippen LogP contribution in [-0.4, -0.2) is 25.1 Å². The van der Waals surface area contributed by atoms with Crippen molar-refractivity contribution in [1.29, 1.82) is 0 Å². The molecular formula is C14H23N3. The molecule has 94 valence electrons. The van der Waals surface area contributed by atoms with Crippen LogP contribution in [0.1, 0.15) is 31.0 Å². The van der Waals surface area contributed by atoms with Gasteiger partial charge in [-0.2, -0.15) is 0 Å². The minimum Gasteiger partial charge on any atom is -0.356 e. The Morgan fingerprint density at radius 1 is 1.47 bits per heavy atom. The molecule has 0 aromatic carbocycles. The van der Waals surface area contributed by atoms with Crippen molar-refractivity contribution < 1.29 is 0 Å². The van der Waals surface area contributed by atoms with Gasteiger partial charge in [-0.1, -0.05) is 6.92 Å². The summed E-state index contributed by atoms with van der Waals surface area (Å²) >= 11 is 0. The van der Waals surface area contributed by atoms with Crippen molar-refractivity contribution in [3.05, 3.63) is 23.4 Å². The second-order valence-corrected chi connectivity index (χ2v) is 5.20. The predicted molar refractivity (Wildman–Crippen MR) is 72.3 cm³/mol. The highest BCUT2D eigenvalue weighted by molar-refractivity contribution is 5.43. The standard InChI is InChI=1S/C14H23N3/c1-11-5-4-6-17(10-11)14-8-13(9-15-3)7-12(2)16-14/h7-8,11,15H,4-6,9-10H2,1-3H3. The fraction of sp³-hybridized carbons (Fsp3) is 0.643. The van der Waals surface area contributed by atoms with Crippen LogP contribution < -0.4 is 10.2 Å². The number of rotatable bonds is 3. The van der Waals surface area contributed by atoms with E-state index in [0.29, 0.717) is 0 Å². The molecule has 2 heterocycles. The summed E-state index contributed by atoms with van der Waals surface area (Å²) in [6, 6.07) is 4.38. The van der Waals surface area contributed by atoms with E-state index in [9.17, 15) is 0 Å². The SMILES string of the molecule is CNCc1cc(C)nc(N2CCCC(C)C2)c1. The van der Waals surface area contributed by atoms with Crippen LogP contribution in [0.25, 0.3) is 0 Å². The summed E-state index contributed by atoms with van der Waals surface area (Å²) in [5.41, 5.74) is 2.44. The average Bonchev–Trinajstić information content (AvgIpc) is 2.28. The van der Waals surface area contributed by atoms with Crippen molar-refractivity contribution in [2.45, 2.75) is 33.2 Å². The number of aromatic nitrogens is 1. The highest BCUT2D eigenvalue weighted by Crippen LogP contribution is 2.22. The van der Waals surface area contributed by atoms with E-state index in [1.54, 1.807) is 0 Å². The van der Waals surface area contributed by atoms with Gasteiger partial charge in [-0.05, 0) is 50.4 Å². The van der Waals surface area contributed by atoms with Crippen molar-refractivity contribution >= 4 is 5.82 Å². The van der Waals surface area contributed by atoms with Crippen molar-refractivity contribution in [2.24, 2.45) is 5.92 Å². The van der Waals surface area contributed by atoms with Crippen molar-refractivity contribution in [3.8, 4) is 0 Å². The van der Waals surface area contributed by atoms with Crippen molar-refractivity contribution in [2.75, 3.05) is 25.0 Å². The highest BCUT2D eigenvalue weighted by atomic mass is 15.2. The minimum atomic E-state index is 0.791. The molecule has 2 rings (SSSR count). The predicted octanol–water partition coefficient (Wildman–Crippen LogP) is 2.35. The molecule has 1 fully saturated rings. The second-order valence-electron chi connectivity index (χ2n) is 5.20. The summed E-state index contributed by atoms with van der Waals surface area (Å²) in [5, 5.41) is 3.20. The van der Waals surface area contributed by atoms with Gasteiger partial charge in [-0.15, -0.1) is 0 Å². The van der Waals surface area contributed by atoms with Gasteiger partial charge in [0.1, 0.15) is 5.82 Å². The van der Waals surface area contributed by atoms with Gasteiger partial charge in [0, 0.05) is 25.3 Å². The van der Waals surface area contributed by atoms with Crippen LogP contribution in [0.15, 0.2) is 12.1 Å². The average molecular weight is 233 g/mol. The number of aryl methyl sites for hydroxylation is 1. The number of hydrogen-bond donors (Lipinski definition) is 1. The third-order valence-corrected chi connectivity index (χ3v) is 3.36. The van der Waals surface area contributed by atoms with E-state index in [0.717, 1.165) is 37.1 Å². The third-order valence-electron chi connectivity index (χ3n) is 3.36. The number of nitrogens with zero attached hydrogens (tertiary/aromatic N) is 2. The van der Waals surface area contributed by atoms with Crippen LogP contribution in [0, 0.1) is 12.8 Å². The molecule has 0 bridgehead atoms. The number of anilines is 1. The molecule has 0 amide bonds. The summed E-state index contributed by atoms with van der Waals surface area (Å²) in [5.74, 6) is 1.95. The lowest BCUT2D eigenvalue weighted by Crippen LogP contribution is -2.35. The monoisotopic (exact) mass is 233 g/mol. The minimum absolute atomic E-state index is 0.791. The Bertz CT molecular complexity index is 376. The smallest absolute Gasteiger partial charge is 0.129 e. The first-order valence-electron chi connectivity index (χ1n) is 6.56. The van der Waals surface area contributed by atoms with Gasteiger partial charge in [0.05, 0.1) is 0 Å². The van der Waals surface area contributed by atoms with Gasteiger partial charge in [0.25, 0.3) is 0 Å². The van der Waals surface area contributed by atoms with Gasteiger partial charge < -0.3 is 10.2 Å². The van der Waals surface area contributed by atoms with Crippen LogP contribution in [-0.2, 0) is 6.54 Å². The summed E-state index contributed by atoms with van der Waals surface area (Å²) in [6.07, 6.45) is 2.64. The molecule has 0 radical (unpaired) electrons. The Hall–Kier alpha value is -1.09. The first-order chi connectivity index (χ1) is 8.19. The molecule has 1 aromatic heterocycles. The summed E-state index contributed by atoms with van der Waals surface area (Å²) < 4.78 is 0. The third kappa shape index (κ3) is 3.19. The van der Waals surface area contributed by atoms with E-state index in [1.807, 2.05) is 7.05 Å². The first kappa shape index (κ1) is 12.4. The molecule has 3 heteroatoms. The lowest BCUT2D eigenvalue weighted by Gasteiger charge is -2.32. The van der Waals surface area contributed by atoms with Crippen LogP contribution in [0.2, 0.25) is 0 Å². The summed E-state index contributed by atoms with van der Waals surface area (Å²) in [4.78, 5) is 7.10. The molecule has 1 aliphatic heterocycles. The van der Waals surface area contributed by atoms with E-state index in [1.165, 1.54) is 18.4 Å². The Morgan fingerprint density at radius 3 is 3.00 bits per heavy atom. The van der Waals surface area contributed by atoms with Gasteiger partial charge in [0.15, 0.2) is 0 Å². The number of nitrogens with one attached hydrogen (secondary N) is 1. The van der Waals surface area contributed by atoms with Gasteiger partial charge in [0.2, 0.25) is 0 Å². The normalized spacial score (nSPS) is 20.6. The Kier molecular flexibility index (Phi) is 4.00. The van der Waals surface area contributed by atoms with Gasteiger partial charge in [-0.25, -0.2) is 4.98 Å². The maximum atomic E-state index is 4.67. The van der Waals surface area contributed by atoms with Crippen LogP contribution in [0.4, 0.5) is 5.82 Å². The lowest BCUT2D eigenvalue weighted by molar-refractivity contribution is 0.444. The quantitative estimate of drug-likeness (QED) is 0.868. The molecular weight excluding hydrogens is 210 g/mol. The molecule has 0 saturated carbocycles. The first-order valence-corrected chi connectivity index (χ1v) is 6.56. The fourth-order valence-corrected chi connectivity index (χ4v) is 2.59. The Balaban J connectivity index is 2.18. The maximum Gasteiger partial charge on any atom is 0.129 e. The largest absolute Gasteiger partial charge is 0.356 e. The molecule has 3 nitrogen and oxygen atoms in total. The highest BCUT2D eigenvalue weighted by Gasteiger charge is 2.17. The molecule has 17 heavy (non-hydrogen) atoms. The van der Waals surface area contributed by atoms with E-state index in [4.69, 9.17) is 0 Å². The molecule has 0 aliphatic carbocycles. The van der Waals surface area contributed by atoms with Crippen LogP contribution >= 0.6 is 0 Å². The van der Waals surface area contributed by atoms with Crippen molar-refractivity contribution in [3.63, 3.8) is 0 Å². The van der Waals surface area contributed by atoms with Crippen LogP contribution in [0.5, 0.6) is 0 Å². The second kappa shape index (κ2) is 5.50. The zero-order chi connectivity index (χ0) is 12.3.